The van der Waals surface area contributed by atoms with E-state index in [2.05, 4.69) is 5.32 Å². The van der Waals surface area contributed by atoms with Crippen LogP contribution in [0.15, 0.2) is 24.3 Å². The van der Waals surface area contributed by atoms with E-state index < -0.39 is 4.92 Å². The van der Waals surface area contributed by atoms with E-state index in [9.17, 15) is 14.9 Å². The van der Waals surface area contributed by atoms with E-state index in [1.807, 2.05) is 0 Å². The van der Waals surface area contributed by atoms with Crippen molar-refractivity contribution < 1.29 is 9.72 Å². The number of amides is 1. The number of carbonyl (C=O) groups excluding carboxylic acids is 1. The molecule has 0 aromatic heterocycles. The summed E-state index contributed by atoms with van der Waals surface area (Å²) in [6.45, 7) is 0.564. The largest absolute Gasteiger partial charge is 0.356 e. The van der Waals surface area contributed by atoms with Crippen LogP contribution in [0.3, 0.4) is 0 Å². The molecule has 0 saturated heterocycles. The highest BCUT2D eigenvalue weighted by atomic mass is 16.6. The van der Waals surface area contributed by atoms with E-state index in [0.29, 0.717) is 24.8 Å². The maximum atomic E-state index is 12.4. The second-order valence-corrected chi connectivity index (χ2v) is 7.16. The molecule has 2 fully saturated rings. The molecular weight excluding hydrogens is 306 g/mol. The molecule has 3 rings (SSSR count). The van der Waals surface area contributed by atoms with Crippen molar-refractivity contribution in [1.82, 2.24) is 5.32 Å². The summed E-state index contributed by atoms with van der Waals surface area (Å²) in [6.07, 6.45) is 6.08. The van der Waals surface area contributed by atoms with Crippen LogP contribution in [0.4, 0.5) is 5.69 Å². The predicted octanol–water partition coefficient (Wildman–Crippen LogP) is 2.41. The third-order valence-electron chi connectivity index (χ3n) is 5.64. The summed E-state index contributed by atoms with van der Waals surface area (Å²) in [5.41, 5.74) is 7.36. The molecule has 1 aromatic carbocycles. The fourth-order valence-corrected chi connectivity index (χ4v) is 4.26. The molecule has 2 aliphatic rings. The first-order valence-corrected chi connectivity index (χ1v) is 8.81. The van der Waals surface area contributed by atoms with Crippen LogP contribution < -0.4 is 11.1 Å². The zero-order valence-electron chi connectivity index (χ0n) is 13.8. The molecule has 2 aliphatic carbocycles. The average Bonchev–Trinajstić information content (AvgIpc) is 2.55. The zero-order chi connectivity index (χ0) is 17.1. The summed E-state index contributed by atoms with van der Waals surface area (Å²) in [4.78, 5) is 22.7. The van der Waals surface area contributed by atoms with Crippen LogP contribution in [-0.2, 0) is 11.2 Å². The van der Waals surface area contributed by atoms with Gasteiger partial charge in [-0.05, 0) is 49.5 Å². The first-order valence-electron chi connectivity index (χ1n) is 8.81. The molecule has 1 amide bonds. The van der Waals surface area contributed by atoms with Gasteiger partial charge in [-0.25, -0.2) is 0 Å². The maximum Gasteiger partial charge on any atom is 0.269 e. The number of benzene rings is 1. The van der Waals surface area contributed by atoms with Crippen LogP contribution in [0.5, 0.6) is 0 Å². The average molecular weight is 331 g/mol. The van der Waals surface area contributed by atoms with Crippen molar-refractivity contribution >= 4 is 11.6 Å². The van der Waals surface area contributed by atoms with E-state index in [1.54, 1.807) is 12.1 Å². The number of nitrogens with zero attached hydrogens (tertiary/aromatic N) is 1. The quantitative estimate of drug-likeness (QED) is 0.639. The van der Waals surface area contributed by atoms with Crippen LogP contribution >= 0.6 is 0 Å². The molecule has 2 unspecified atom stereocenters. The van der Waals surface area contributed by atoms with Crippen molar-refractivity contribution in [3.63, 3.8) is 0 Å². The minimum Gasteiger partial charge on any atom is -0.356 e. The van der Waals surface area contributed by atoms with E-state index in [4.69, 9.17) is 5.73 Å². The second kappa shape index (κ2) is 7.30. The predicted molar refractivity (Wildman–Crippen MR) is 91.3 cm³/mol. The van der Waals surface area contributed by atoms with Gasteiger partial charge in [0.05, 0.1) is 4.92 Å². The van der Waals surface area contributed by atoms with E-state index >= 15 is 0 Å². The highest BCUT2D eigenvalue weighted by Crippen LogP contribution is 2.41. The highest BCUT2D eigenvalue weighted by Gasteiger charge is 2.40. The van der Waals surface area contributed by atoms with Gasteiger partial charge in [-0.15, -0.1) is 0 Å². The van der Waals surface area contributed by atoms with Gasteiger partial charge in [0.15, 0.2) is 0 Å². The molecule has 1 aromatic rings. The van der Waals surface area contributed by atoms with Gasteiger partial charge < -0.3 is 11.1 Å². The van der Waals surface area contributed by atoms with E-state index in [-0.39, 0.29) is 23.6 Å². The van der Waals surface area contributed by atoms with Crippen molar-refractivity contribution in [3.05, 3.63) is 39.9 Å². The topological polar surface area (TPSA) is 98.3 Å². The first-order chi connectivity index (χ1) is 11.5. The number of nitrogens with two attached hydrogens (primary N) is 1. The fourth-order valence-electron chi connectivity index (χ4n) is 4.26. The van der Waals surface area contributed by atoms with Crippen LogP contribution in [0.1, 0.15) is 37.7 Å². The van der Waals surface area contributed by atoms with Gasteiger partial charge in [0.2, 0.25) is 5.91 Å². The number of nitro benzene ring substituents is 1. The van der Waals surface area contributed by atoms with Crippen molar-refractivity contribution in [1.29, 1.82) is 0 Å². The number of non-ortho nitro benzene ring substituents is 1. The molecule has 0 spiro atoms. The minimum atomic E-state index is -0.407. The number of nitrogens with one attached hydrogen (secondary N) is 1. The van der Waals surface area contributed by atoms with Crippen molar-refractivity contribution in [2.75, 3.05) is 6.54 Å². The molecule has 0 aliphatic heterocycles. The van der Waals surface area contributed by atoms with Gasteiger partial charge in [0.1, 0.15) is 0 Å². The van der Waals surface area contributed by atoms with E-state index in [0.717, 1.165) is 31.2 Å². The lowest BCUT2D eigenvalue weighted by Gasteiger charge is -2.43. The van der Waals surface area contributed by atoms with Gasteiger partial charge in [0.25, 0.3) is 5.69 Å². The lowest BCUT2D eigenvalue weighted by Crippen LogP contribution is -2.49. The molecule has 2 saturated carbocycles. The third kappa shape index (κ3) is 3.75. The number of rotatable bonds is 5. The molecule has 0 radical (unpaired) electrons. The van der Waals surface area contributed by atoms with Crippen LogP contribution in [0.2, 0.25) is 0 Å². The van der Waals surface area contributed by atoms with Crippen LogP contribution in [-0.4, -0.2) is 23.4 Å². The molecule has 2 bridgehead atoms. The van der Waals surface area contributed by atoms with Crippen molar-refractivity contribution in [2.24, 2.45) is 23.5 Å². The molecule has 6 heteroatoms. The van der Waals surface area contributed by atoms with Gasteiger partial charge in [0, 0.05) is 30.6 Å². The van der Waals surface area contributed by atoms with Crippen LogP contribution in [0.25, 0.3) is 0 Å². The van der Waals surface area contributed by atoms with Crippen LogP contribution in [0, 0.1) is 27.9 Å². The Morgan fingerprint density at radius 1 is 1.21 bits per heavy atom. The summed E-state index contributed by atoms with van der Waals surface area (Å²) in [5, 5.41) is 13.7. The van der Waals surface area contributed by atoms with Crippen molar-refractivity contribution in [2.45, 2.75) is 44.6 Å². The zero-order valence-corrected chi connectivity index (χ0v) is 13.8. The number of hydrogen-bond donors (Lipinski definition) is 2. The molecular formula is C18H25N3O3. The summed E-state index contributed by atoms with van der Waals surface area (Å²) < 4.78 is 0. The van der Waals surface area contributed by atoms with Gasteiger partial charge >= 0.3 is 0 Å². The lowest BCUT2D eigenvalue weighted by atomic mass is 9.65. The molecule has 6 nitrogen and oxygen atoms in total. The minimum absolute atomic E-state index is 0.0906. The summed E-state index contributed by atoms with van der Waals surface area (Å²) in [6, 6.07) is 6.77. The van der Waals surface area contributed by atoms with Gasteiger partial charge in [-0.1, -0.05) is 18.6 Å². The second-order valence-electron chi connectivity index (χ2n) is 7.16. The monoisotopic (exact) mass is 331 g/mol. The Hall–Kier alpha value is -1.95. The molecule has 3 N–H and O–H groups in total. The molecule has 24 heavy (non-hydrogen) atoms. The maximum absolute atomic E-state index is 12.4. The third-order valence-corrected chi connectivity index (χ3v) is 5.64. The summed E-state index contributed by atoms with van der Waals surface area (Å²) in [5.74, 6) is 1.24. The first kappa shape index (κ1) is 16.9. The van der Waals surface area contributed by atoms with Crippen molar-refractivity contribution in [3.8, 4) is 0 Å². The molecule has 0 heterocycles. The molecule has 130 valence electrons. The fraction of sp³-hybridized carbons (Fsp3) is 0.611. The Balaban J connectivity index is 1.46. The Kier molecular flexibility index (Phi) is 5.14. The van der Waals surface area contributed by atoms with E-state index in [1.165, 1.54) is 18.6 Å². The standard InChI is InChI=1S/C18H25N3O3/c19-17-13-2-1-3-14(17)11-15(10-13)18(22)20-9-8-12-4-6-16(7-5-12)21(23)24/h4-7,13-15,17H,1-3,8-11,19H2,(H,20,22). The number of carbonyl (C=O) groups is 1. The Morgan fingerprint density at radius 2 is 1.83 bits per heavy atom. The summed E-state index contributed by atoms with van der Waals surface area (Å²) in [7, 11) is 0. The lowest BCUT2D eigenvalue weighted by molar-refractivity contribution is -0.384. The van der Waals surface area contributed by atoms with Gasteiger partial charge in [-0.3, -0.25) is 14.9 Å². The van der Waals surface area contributed by atoms with Gasteiger partial charge in [-0.2, -0.15) is 0 Å². The Morgan fingerprint density at radius 3 is 2.42 bits per heavy atom. The molecule has 2 atom stereocenters. The Labute approximate surface area is 142 Å². The number of fused-ring (bicyclic) bond motifs is 2. The normalized spacial score (nSPS) is 29.0. The SMILES string of the molecule is NC1C2CCCC1CC(C(=O)NCCc1ccc([N+](=O)[O-])cc1)C2. The Bertz CT molecular complexity index is 588. The number of hydrogen-bond acceptors (Lipinski definition) is 4. The smallest absolute Gasteiger partial charge is 0.269 e. The highest BCUT2D eigenvalue weighted by molar-refractivity contribution is 5.78. The number of nitro groups is 1. The summed E-state index contributed by atoms with van der Waals surface area (Å²) >= 11 is 0.